The van der Waals surface area contributed by atoms with Gasteiger partial charge in [-0.3, -0.25) is 4.79 Å². The van der Waals surface area contributed by atoms with Gasteiger partial charge >= 0.3 is 0 Å². The van der Waals surface area contributed by atoms with Crippen LogP contribution in [0.3, 0.4) is 0 Å². The van der Waals surface area contributed by atoms with Crippen molar-refractivity contribution < 1.29 is 25.2 Å². The van der Waals surface area contributed by atoms with Gasteiger partial charge in [0.2, 0.25) is 0 Å². The molecule has 1 saturated carbocycles. The molecule has 0 saturated heterocycles. The predicted molar refractivity (Wildman–Crippen MR) is 88.9 cm³/mol. The Labute approximate surface area is 142 Å². The maximum Gasteiger partial charge on any atom is 0.153 e. The zero-order chi connectivity index (χ0) is 18.0. The van der Waals surface area contributed by atoms with Crippen LogP contribution < -0.4 is 0 Å². The lowest BCUT2D eigenvalue weighted by atomic mass is 9.60. The van der Waals surface area contributed by atoms with Crippen LogP contribution in [0.25, 0.3) is 0 Å². The van der Waals surface area contributed by atoms with Crippen LogP contribution in [0.15, 0.2) is 23.3 Å². The zero-order valence-electron chi connectivity index (χ0n) is 14.7. The summed E-state index contributed by atoms with van der Waals surface area (Å²) in [7, 11) is 0. The summed E-state index contributed by atoms with van der Waals surface area (Å²) in [6.45, 7) is 7.22. The summed E-state index contributed by atoms with van der Waals surface area (Å²) in [4.78, 5) is 13.6. The smallest absolute Gasteiger partial charge is 0.153 e. The second kappa shape index (κ2) is 5.49. The summed E-state index contributed by atoms with van der Waals surface area (Å²) in [5.41, 5.74) is -2.67. The highest BCUT2D eigenvalue weighted by molar-refractivity contribution is 5.94. The van der Waals surface area contributed by atoms with E-state index in [2.05, 4.69) is 6.92 Å². The molecule has 3 aliphatic rings. The molecule has 3 rings (SSSR count). The first kappa shape index (κ1) is 17.8. The number of aliphatic hydroxyl groups is 4. The number of hydrogen-bond donors (Lipinski definition) is 4. The van der Waals surface area contributed by atoms with Crippen LogP contribution in [-0.4, -0.2) is 50.6 Å². The topological polar surface area (TPSA) is 98.0 Å². The van der Waals surface area contributed by atoms with Crippen molar-refractivity contribution in [3.63, 3.8) is 0 Å². The highest BCUT2D eigenvalue weighted by atomic mass is 16.4. The molecule has 0 aromatic heterocycles. The third-order valence-corrected chi connectivity index (χ3v) is 6.99. The molecule has 5 heteroatoms. The number of carbonyl (C=O) groups excluding carboxylic acids is 1. The van der Waals surface area contributed by atoms with Gasteiger partial charge in [0.05, 0.1) is 12.0 Å². The molecule has 3 aliphatic carbocycles. The van der Waals surface area contributed by atoms with Crippen molar-refractivity contribution >= 4 is 5.78 Å². The van der Waals surface area contributed by atoms with Gasteiger partial charge in [-0.15, -0.1) is 0 Å². The third kappa shape index (κ3) is 1.87. The van der Waals surface area contributed by atoms with Crippen LogP contribution in [0.4, 0.5) is 0 Å². The normalized spacial score (nSPS) is 51.4. The Kier molecular flexibility index (Phi) is 4.08. The fourth-order valence-corrected chi connectivity index (χ4v) is 5.35. The van der Waals surface area contributed by atoms with E-state index >= 15 is 0 Å². The van der Waals surface area contributed by atoms with E-state index in [1.54, 1.807) is 19.1 Å². The second-order valence-corrected chi connectivity index (χ2v) is 8.15. The minimum atomic E-state index is -2.04. The van der Waals surface area contributed by atoms with Gasteiger partial charge in [0.15, 0.2) is 5.78 Å². The fourth-order valence-electron chi connectivity index (χ4n) is 5.35. The number of ketones is 1. The monoisotopic (exact) mass is 336 g/mol. The Bertz CT molecular complexity index is 623. The molecule has 0 heterocycles. The molecule has 0 aliphatic heterocycles. The SMILES string of the molecule is CC1=C[C@]23C(=O)[C@@H](C=C(CO)[C@@H](O)C2(O)[C@H]1O)[C@H](C)[C@H](C)C[C@H]3C. The molecule has 134 valence electrons. The van der Waals surface area contributed by atoms with Gasteiger partial charge in [0.25, 0.3) is 0 Å². The van der Waals surface area contributed by atoms with E-state index in [-0.39, 0.29) is 29.1 Å². The molecule has 0 aromatic rings. The second-order valence-electron chi connectivity index (χ2n) is 8.15. The molecule has 1 unspecified atom stereocenters. The minimum absolute atomic E-state index is 0.0295. The first-order valence-electron chi connectivity index (χ1n) is 8.76. The van der Waals surface area contributed by atoms with E-state index < -0.39 is 35.7 Å². The van der Waals surface area contributed by atoms with Crippen molar-refractivity contribution in [1.29, 1.82) is 0 Å². The van der Waals surface area contributed by atoms with E-state index in [9.17, 15) is 25.2 Å². The van der Waals surface area contributed by atoms with Crippen LogP contribution >= 0.6 is 0 Å². The number of rotatable bonds is 1. The van der Waals surface area contributed by atoms with Gasteiger partial charge in [-0.05, 0) is 42.2 Å². The molecule has 0 amide bonds. The highest BCUT2D eigenvalue weighted by Gasteiger charge is 2.70. The quantitative estimate of drug-likeness (QED) is 0.531. The third-order valence-electron chi connectivity index (χ3n) is 6.99. The molecular weight excluding hydrogens is 308 g/mol. The van der Waals surface area contributed by atoms with Crippen LogP contribution in [0, 0.1) is 29.1 Å². The summed E-state index contributed by atoms with van der Waals surface area (Å²) in [6.07, 6.45) is 1.21. The molecular formula is C19H28O5. The van der Waals surface area contributed by atoms with E-state index in [1.165, 1.54) is 0 Å². The Hall–Kier alpha value is -1.01. The summed E-state index contributed by atoms with van der Waals surface area (Å²) >= 11 is 0. The molecule has 4 N–H and O–H groups in total. The van der Waals surface area contributed by atoms with E-state index in [0.717, 1.165) is 6.42 Å². The summed E-state index contributed by atoms with van der Waals surface area (Å²) in [6, 6.07) is 0. The maximum atomic E-state index is 13.6. The number of allylic oxidation sites excluding steroid dienone is 1. The maximum absolute atomic E-state index is 13.6. The van der Waals surface area contributed by atoms with Crippen molar-refractivity contribution in [2.45, 2.75) is 51.9 Å². The molecule has 8 atom stereocenters. The van der Waals surface area contributed by atoms with Gasteiger partial charge in [0, 0.05) is 5.92 Å². The molecule has 5 nitrogen and oxygen atoms in total. The molecule has 0 radical (unpaired) electrons. The highest BCUT2D eigenvalue weighted by Crippen LogP contribution is 2.59. The van der Waals surface area contributed by atoms with Crippen LogP contribution in [-0.2, 0) is 4.79 Å². The van der Waals surface area contributed by atoms with Crippen molar-refractivity contribution in [2.24, 2.45) is 29.1 Å². The first-order valence-corrected chi connectivity index (χ1v) is 8.76. The number of aliphatic hydroxyl groups excluding tert-OH is 3. The Morgan fingerprint density at radius 1 is 1.21 bits per heavy atom. The average Bonchev–Trinajstić information content (AvgIpc) is 2.68. The van der Waals surface area contributed by atoms with Crippen LogP contribution in [0.1, 0.15) is 34.1 Å². The van der Waals surface area contributed by atoms with Crippen molar-refractivity contribution in [2.75, 3.05) is 6.61 Å². The van der Waals surface area contributed by atoms with Gasteiger partial charge in [0.1, 0.15) is 17.8 Å². The zero-order valence-corrected chi connectivity index (χ0v) is 14.7. The van der Waals surface area contributed by atoms with Crippen LogP contribution in [0.5, 0.6) is 0 Å². The number of Topliss-reactive ketones (excluding diaryl/α,β-unsaturated/α-hetero) is 1. The molecule has 1 spiro atoms. The fraction of sp³-hybridized carbons (Fsp3) is 0.737. The largest absolute Gasteiger partial charge is 0.392 e. The van der Waals surface area contributed by atoms with Crippen molar-refractivity contribution in [1.82, 2.24) is 0 Å². The number of hydrogen-bond acceptors (Lipinski definition) is 5. The van der Waals surface area contributed by atoms with Crippen LogP contribution in [0.2, 0.25) is 0 Å². The van der Waals surface area contributed by atoms with Gasteiger partial charge in [-0.25, -0.2) is 0 Å². The van der Waals surface area contributed by atoms with E-state index in [1.807, 2.05) is 13.8 Å². The average molecular weight is 336 g/mol. The Balaban J connectivity index is 2.34. The van der Waals surface area contributed by atoms with Crippen molar-refractivity contribution in [3.05, 3.63) is 23.3 Å². The van der Waals surface area contributed by atoms with E-state index in [4.69, 9.17) is 0 Å². The number of fused-ring (bicyclic) bond motifs is 1. The van der Waals surface area contributed by atoms with Gasteiger partial charge in [-0.2, -0.15) is 0 Å². The predicted octanol–water partition coefficient (Wildman–Crippen LogP) is 0.815. The Morgan fingerprint density at radius 3 is 2.42 bits per heavy atom. The number of carbonyl (C=O) groups is 1. The first-order chi connectivity index (χ1) is 11.1. The summed E-state index contributed by atoms with van der Waals surface area (Å²) in [5.74, 6) is -0.610. The van der Waals surface area contributed by atoms with Gasteiger partial charge < -0.3 is 20.4 Å². The lowest BCUT2D eigenvalue weighted by Crippen LogP contribution is -2.65. The molecule has 1 fully saturated rings. The molecule has 0 aromatic carbocycles. The molecule has 24 heavy (non-hydrogen) atoms. The van der Waals surface area contributed by atoms with Gasteiger partial charge in [-0.1, -0.05) is 32.9 Å². The van der Waals surface area contributed by atoms with E-state index in [0.29, 0.717) is 5.57 Å². The minimum Gasteiger partial charge on any atom is -0.392 e. The standard InChI is InChI=1S/C19H28O5/c1-9-5-11(3)18-7-10(2)15(21)19(18,24)16(22)13(8-20)6-14(12(9)4)17(18)23/h6-7,9,11-12,14-16,20-22,24H,5,8H2,1-4H3/t9-,11-,12-,14+,15+,16-,18+,19?/m1/s1. The lowest BCUT2D eigenvalue weighted by molar-refractivity contribution is -0.189. The summed E-state index contributed by atoms with van der Waals surface area (Å²) < 4.78 is 0. The van der Waals surface area contributed by atoms with Crippen molar-refractivity contribution in [3.8, 4) is 0 Å². The molecule has 2 bridgehead atoms. The Morgan fingerprint density at radius 2 is 1.83 bits per heavy atom. The lowest BCUT2D eigenvalue weighted by Gasteiger charge is -2.47. The summed E-state index contributed by atoms with van der Waals surface area (Å²) in [5, 5.41) is 42.8.